The van der Waals surface area contributed by atoms with Crippen LogP contribution in [0.15, 0.2) is 22.6 Å². The first kappa shape index (κ1) is 16.1. The number of carbonyl (C=O) groups excluding carboxylic acids is 1. The van der Waals surface area contributed by atoms with Crippen LogP contribution in [0.25, 0.3) is 11.1 Å². The fraction of sp³-hybridized carbons (Fsp3) is 0.600. The Morgan fingerprint density at radius 1 is 1.15 bits per heavy atom. The molecular formula is C20H26N4O2. The quantitative estimate of drug-likeness (QED) is 0.884. The Labute approximate surface area is 153 Å². The predicted molar refractivity (Wildman–Crippen MR) is 100 cm³/mol. The molecule has 3 aliphatic rings. The first-order valence-corrected chi connectivity index (χ1v) is 9.93. The number of piperidine rings is 1. The van der Waals surface area contributed by atoms with Gasteiger partial charge in [0, 0.05) is 30.8 Å². The van der Waals surface area contributed by atoms with Crippen molar-refractivity contribution in [2.24, 2.45) is 11.8 Å². The molecule has 1 aromatic carbocycles. The number of rotatable bonds is 3. The van der Waals surface area contributed by atoms with Crippen molar-refractivity contribution in [3.63, 3.8) is 0 Å². The normalized spacial score (nSPS) is 24.3. The summed E-state index contributed by atoms with van der Waals surface area (Å²) in [5, 5.41) is 6.49. The van der Waals surface area contributed by atoms with E-state index in [0.29, 0.717) is 5.92 Å². The van der Waals surface area contributed by atoms with E-state index in [1.807, 2.05) is 23.1 Å². The molecule has 3 fully saturated rings. The summed E-state index contributed by atoms with van der Waals surface area (Å²) in [6.45, 7) is 4.00. The van der Waals surface area contributed by atoms with E-state index in [-0.39, 0.29) is 6.03 Å². The van der Waals surface area contributed by atoms with Crippen LogP contribution in [-0.4, -0.2) is 42.1 Å². The van der Waals surface area contributed by atoms with Gasteiger partial charge in [-0.15, -0.1) is 0 Å². The molecule has 2 amide bonds. The minimum atomic E-state index is -0.00530. The molecule has 1 aromatic heterocycles. The number of hydrogen-bond acceptors (Lipinski definition) is 4. The first-order valence-electron chi connectivity index (χ1n) is 9.93. The summed E-state index contributed by atoms with van der Waals surface area (Å²) in [5.74, 6) is 2.90. The van der Waals surface area contributed by atoms with Crippen molar-refractivity contribution in [1.82, 2.24) is 15.2 Å². The van der Waals surface area contributed by atoms with Crippen LogP contribution in [0, 0.1) is 11.8 Å². The van der Waals surface area contributed by atoms with Crippen molar-refractivity contribution in [2.75, 3.05) is 31.5 Å². The van der Waals surface area contributed by atoms with Crippen LogP contribution < -0.4 is 10.6 Å². The molecule has 1 atom stereocenters. The maximum absolute atomic E-state index is 12.6. The highest BCUT2D eigenvalue weighted by atomic mass is 16.3. The summed E-state index contributed by atoms with van der Waals surface area (Å²) in [6, 6.07) is 5.73. The van der Waals surface area contributed by atoms with E-state index in [4.69, 9.17) is 4.42 Å². The van der Waals surface area contributed by atoms with Crippen molar-refractivity contribution in [1.29, 1.82) is 0 Å². The largest absolute Gasteiger partial charge is 0.440 e. The molecule has 0 bridgehead atoms. The maximum atomic E-state index is 12.6. The Hall–Kier alpha value is -2.08. The highest BCUT2D eigenvalue weighted by Gasteiger charge is 2.30. The molecule has 6 heteroatoms. The highest BCUT2D eigenvalue weighted by molar-refractivity contribution is 5.91. The number of aromatic nitrogens is 1. The molecule has 2 saturated heterocycles. The topological polar surface area (TPSA) is 70.4 Å². The van der Waals surface area contributed by atoms with Gasteiger partial charge in [-0.1, -0.05) is 0 Å². The molecular weight excluding hydrogens is 328 g/mol. The Bertz CT molecular complexity index is 799. The average Bonchev–Trinajstić information content (AvgIpc) is 3.20. The van der Waals surface area contributed by atoms with Gasteiger partial charge in [0.2, 0.25) is 0 Å². The fourth-order valence-corrected chi connectivity index (χ4v) is 4.38. The third-order valence-electron chi connectivity index (χ3n) is 6.17. The zero-order valence-electron chi connectivity index (χ0n) is 15.0. The molecule has 0 radical (unpaired) electrons. The lowest BCUT2D eigenvalue weighted by Gasteiger charge is -2.34. The summed E-state index contributed by atoms with van der Waals surface area (Å²) < 4.78 is 5.85. The Morgan fingerprint density at radius 2 is 2.00 bits per heavy atom. The van der Waals surface area contributed by atoms with Gasteiger partial charge in [-0.3, -0.25) is 0 Å². The zero-order valence-corrected chi connectivity index (χ0v) is 15.0. The van der Waals surface area contributed by atoms with E-state index >= 15 is 0 Å². The number of urea groups is 1. The minimum absolute atomic E-state index is 0.00530. The second-order valence-electron chi connectivity index (χ2n) is 8.02. The van der Waals surface area contributed by atoms with Crippen molar-refractivity contribution in [3.05, 3.63) is 24.1 Å². The number of likely N-dealkylation sites (tertiary alicyclic amines) is 1. The number of amides is 2. The Kier molecular flexibility index (Phi) is 4.08. The van der Waals surface area contributed by atoms with E-state index in [0.717, 1.165) is 73.5 Å². The molecule has 1 saturated carbocycles. The highest BCUT2D eigenvalue weighted by Crippen LogP contribution is 2.40. The smallest absolute Gasteiger partial charge is 0.321 e. The summed E-state index contributed by atoms with van der Waals surface area (Å²) in [6.07, 6.45) is 5.86. The van der Waals surface area contributed by atoms with Crippen molar-refractivity contribution < 1.29 is 9.21 Å². The van der Waals surface area contributed by atoms with E-state index in [9.17, 15) is 4.79 Å². The van der Waals surface area contributed by atoms with Gasteiger partial charge in [-0.05, 0) is 69.2 Å². The van der Waals surface area contributed by atoms with Crippen LogP contribution in [0.5, 0.6) is 0 Å². The maximum Gasteiger partial charge on any atom is 0.321 e. The van der Waals surface area contributed by atoms with Gasteiger partial charge in [-0.2, -0.15) is 0 Å². The standard InChI is InChI=1S/C20H26N4O2/c25-20(24-9-6-13(7-10-24)15-5-8-21-12-15)22-16-3-4-17-18(11-16)26-19(23-17)14-1-2-14/h3-4,11,13-15,21H,1-2,5-10,12H2,(H,22,25). The van der Waals surface area contributed by atoms with Gasteiger partial charge in [0.05, 0.1) is 0 Å². The van der Waals surface area contributed by atoms with E-state index in [1.165, 1.54) is 19.3 Å². The molecule has 1 unspecified atom stereocenters. The summed E-state index contributed by atoms with van der Waals surface area (Å²) in [7, 11) is 0. The number of benzene rings is 1. The molecule has 0 spiro atoms. The monoisotopic (exact) mass is 354 g/mol. The third kappa shape index (κ3) is 3.18. The van der Waals surface area contributed by atoms with E-state index < -0.39 is 0 Å². The number of nitrogens with one attached hydrogen (secondary N) is 2. The lowest BCUT2D eigenvalue weighted by molar-refractivity contribution is 0.163. The molecule has 138 valence electrons. The van der Waals surface area contributed by atoms with Crippen LogP contribution in [-0.2, 0) is 0 Å². The minimum Gasteiger partial charge on any atom is -0.440 e. The molecule has 2 N–H and O–H groups in total. The number of fused-ring (bicyclic) bond motifs is 1. The number of oxazole rings is 1. The lowest BCUT2D eigenvalue weighted by Crippen LogP contribution is -2.42. The summed E-state index contributed by atoms with van der Waals surface area (Å²) in [4.78, 5) is 19.1. The Morgan fingerprint density at radius 3 is 2.73 bits per heavy atom. The molecule has 3 heterocycles. The van der Waals surface area contributed by atoms with Crippen molar-refractivity contribution in [2.45, 2.75) is 38.0 Å². The van der Waals surface area contributed by atoms with Crippen LogP contribution in [0.3, 0.4) is 0 Å². The second kappa shape index (κ2) is 6.58. The van der Waals surface area contributed by atoms with Crippen LogP contribution in [0.4, 0.5) is 10.5 Å². The SMILES string of the molecule is O=C(Nc1ccc2nc(C3CC3)oc2c1)N1CCC(C2CCNC2)CC1. The Balaban J connectivity index is 1.20. The van der Waals surface area contributed by atoms with Crippen molar-refractivity contribution in [3.8, 4) is 0 Å². The second-order valence-corrected chi connectivity index (χ2v) is 8.02. The van der Waals surface area contributed by atoms with Gasteiger partial charge < -0.3 is 20.0 Å². The number of carbonyl (C=O) groups is 1. The van der Waals surface area contributed by atoms with Gasteiger partial charge in [0.15, 0.2) is 11.5 Å². The van der Waals surface area contributed by atoms with E-state index in [1.54, 1.807) is 0 Å². The molecule has 6 nitrogen and oxygen atoms in total. The average molecular weight is 354 g/mol. The summed E-state index contributed by atoms with van der Waals surface area (Å²) >= 11 is 0. The van der Waals surface area contributed by atoms with Gasteiger partial charge in [0.1, 0.15) is 5.52 Å². The van der Waals surface area contributed by atoms with E-state index in [2.05, 4.69) is 15.6 Å². The van der Waals surface area contributed by atoms with Gasteiger partial charge in [-0.25, -0.2) is 9.78 Å². The first-order chi connectivity index (χ1) is 12.8. The van der Waals surface area contributed by atoms with Crippen LogP contribution in [0.2, 0.25) is 0 Å². The molecule has 2 aliphatic heterocycles. The van der Waals surface area contributed by atoms with Crippen LogP contribution >= 0.6 is 0 Å². The lowest BCUT2D eigenvalue weighted by atomic mass is 9.84. The zero-order chi connectivity index (χ0) is 17.5. The molecule has 5 rings (SSSR count). The number of anilines is 1. The predicted octanol–water partition coefficient (Wildman–Crippen LogP) is 3.56. The number of hydrogen-bond donors (Lipinski definition) is 2. The van der Waals surface area contributed by atoms with Gasteiger partial charge >= 0.3 is 6.03 Å². The molecule has 1 aliphatic carbocycles. The van der Waals surface area contributed by atoms with Gasteiger partial charge in [0.25, 0.3) is 0 Å². The molecule has 26 heavy (non-hydrogen) atoms. The molecule has 2 aromatic rings. The third-order valence-corrected chi connectivity index (χ3v) is 6.17. The summed E-state index contributed by atoms with van der Waals surface area (Å²) in [5.41, 5.74) is 2.41. The van der Waals surface area contributed by atoms with Crippen LogP contribution in [0.1, 0.15) is 43.9 Å². The fourth-order valence-electron chi connectivity index (χ4n) is 4.38. The van der Waals surface area contributed by atoms with Crippen molar-refractivity contribution >= 4 is 22.8 Å². The number of nitrogens with zero attached hydrogens (tertiary/aromatic N) is 2.